The van der Waals surface area contributed by atoms with Gasteiger partial charge < -0.3 is 11.1 Å². The van der Waals surface area contributed by atoms with E-state index in [2.05, 4.69) is 10.3 Å². The fraction of sp³-hybridized carbons (Fsp3) is 0.286. The van der Waals surface area contributed by atoms with E-state index in [0.29, 0.717) is 5.69 Å². The first-order valence-electron chi connectivity index (χ1n) is 3.42. The lowest BCUT2D eigenvalue weighted by Gasteiger charge is -2.06. The second-order valence-corrected chi connectivity index (χ2v) is 2.21. The van der Waals surface area contributed by atoms with Gasteiger partial charge in [-0.15, -0.1) is 0 Å². The fourth-order valence-corrected chi connectivity index (χ4v) is 0.754. The molecule has 0 aliphatic rings. The highest BCUT2D eigenvalue weighted by molar-refractivity contribution is 5.60. The van der Waals surface area contributed by atoms with Crippen LogP contribution in [0.3, 0.4) is 0 Å². The number of hydrogen-bond donors (Lipinski definition) is 2. The van der Waals surface area contributed by atoms with Gasteiger partial charge in [-0.2, -0.15) is 0 Å². The van der Waals surface area contributed by atoms with Crippen molar-refractivity contribution < 1.29 is 8.78 Å². The van der Waals surface area contributed by atoms with E-state index < -0.39 is 13.0 Å². The molecular weight excluding hydrogens is 164 g/mol. The Labute approximate surface area is 68.6 Å². The minimum atomic E-state index is -2.38. The molecule has 3 nitrogen and oxygen atoms in total. The predicted molar refractivity (Wildman–Crippen MR) is 43.1 cm³/mol. The highest BCUT2D eigenvalue weighted by Crippen LogP contribution is 2.13. The minimum absolute atomic E-state index is 0.234. The Kier molecular flexibility index (Phi) is 2.79. The van der Waals surface area contributed by atoms with Gasteiger partial charge in [0.15, 0.2) is 0 Å². The van der Waals surface area contributed by atoms with Crippen LogP contribution in [-0.2, 0) is 0 Å². The number of aromatic nitrogens is 1. The maximum atomic E-state index is 11.7. The summed E-state index contributed by atoms with van der Waals surface area (Å²) in [6, 6.07) is 3.23. The van der Waals surface area contributed by atoms with Gasteiger partial charge in [0.1, 0.15) is 5.82 Å². The Morgan fingerprint density at radius 2 is 2.33 bits per heavy atom. The van der Waals surface area contributed by atoms with Crippen LogP contribution in [0, 0.1) is 0 Å². The van der Waals surface area contributed by atoms with Crippen LogP contribution in [0.4, 0.5) is 20.3 Å². The van der Waals surface area contributed by atoms with Crippen LogP contribution in [-0.4, -0.2) is 18.0 Å². The summed E-state index contributed by atoms with van der Waals surface area (Å²) in [5.41, 5.74) is 5.83. The third kappa shape index (κ3) is 2.34. The number of anilines is 2. The third-order valence-corrected chi connectivity index (χ3v) is 1.29. The molecule has 0 atom stereocenters. The maximum absolute atomic E-state index is 11.7. The lowest BCUT2D eigenvalue weighted by molar-refractivity contribution is 0.163. The van der Waals surface area contributed by atoms with Crippen molar-refractivity contribution in [1.82, 2.24) is 4.98 Å². The highest BCUT2D eigenvalue weighted by Gasteiger charge is 2.03. The quantitative estimate of drug-likeness (QED) is 0.725. The van der Waals surface area contributed by atoms with Gasteiger partial charge in [-0.3, -0.25) is 0 Å². The SMILES string of the molecule is Nc1ncccc1NCC(F)F. The highest BCUT2D eigenvalue weighted by atomic mass is 19.3. The molecule has 3 N–H and O–H groups in total. The van der Waals surface area contributed by atoms with Gasteiger partial charge in [0, 0.05) is 6.20 Å². The summed E-state index contributed by atoms with van der Waals surface area (Å²) >= 11 is 0. The molecule has 1 heterocycles. The molecule has 0 fully saturated rings. The van der Waals surface area contributed by atoms with Gasteiger partial charge in [-0.25, -0.2) is 13.8 Å². The first-order valence-corrected chi connectivity index (χ1v) is 3.42. The Balaban J connectivity index is 2.57. The zero-order chi connectivity index (χ0) is 8.97. The summed E-state index contributed by atoms with van der Waals surface area (Å²) in [7, 11) is 0. The average molecular weight is 173 g/mol. The zero-order valence-corrected chi connectivity index (χ0v) is 6.30. The smallest absolute Gasteiger partial charge is 0.255 e. The maximum Gasteiger partial charge on any atom is 0.255 e. The van der Waals surface area contributed by atoms with Crippen molar-refractivity contribution in [2.45, 2.75) is 6.43 Å². The van der Waals surface area contributed by atoms with E-state index in [1.54, 1.807) is 12.1 Å². The number of rotatable bonds is 3. The van der Waals surface area contributed by atoms with Crippen LogP contribution in [0.5, 0.6) is 0 Å². The van der Waals surface area contributed by atoms with E-state index in [9.17, 15) is 8.78 Å². The molecule has 0 aliphatic carbocycles. The summed E-state index contributed by atoms with van der Waals surface area (Å²) < 4.78 is 23.5. The molecule has 1 aromatic heterocycles. The van der Waals surface area contributed by atoms with Gasteiger partial charge in [-0.05, 0) is 12.1 Å². The van der Waals surface area contributed by atoms with Gasteiger partial charge >= 0.3 is 0 Å². The fourth-order valence-electron chi connectivity index (χ4n) is 0.754. The van der Waals surface area contributed by atoms with Crippen molar-refractivity contribution in [3.63, 3.8) is 0 Å². The van der Waals surface area contributed by atoms with Crippen LogP contribution < -0.4 is 11.1 Å². The number of nitrogens with two attached hydrogens (primary N) is 1. The molecule has 0 saturated carbocycles. The number of nitrogens with one attached hydrogen (secondary N) is 1. The zero-order valence-electron chi connectivity index (χ0n) is 6.30. The summed E-state index contributed by atoms with van der Waals surface area (Å²) in [5.74, 6) is 0.234. The Morgan fingerprint density at radius 3 is 2.92 bits per heavy atom. The van der Waals surface area contributed by atoms with E-state index >= 15 is 0 Å². The first-order chi connectivity index (χ1) is 5.70. The van der Waals surface area contributed by atoms with Crippen LogP contribution in [0.2, 0.25) is 0 Å². The Bertz CT molecular complexity index is 252. The van der Waals surface area contributed by atoms with E-state index in [4.69, 9.17) is 5.73 Å². The number of nitrogens with zero attached hydrogens (tertiary/aromatic N) is 1. The third-order valence-electron chi connectivity index (χ3n) is 1.29. The van der Waals surface area contributed by atoms with Crippen LogP contribution in [0.15, 0.2) is 18.3 Å². The molecule has 5 heteroatoms. The molecule has 12 heavy (non-hydrogen) atoms. The standard InChI is InChI=1S/C7H9F2N3/c8-6(9)4-12-5-2-1-3-11-7(5)10/h1-3,6,12H,4H2,(H2,10,11). The van der Waals surface area contributed by atoms with Gasteiger partial charge in [0.2, 0.25) is 0 Å². The molecule has 0 aliphatic heterocycles. The van der Waals surface area contributed by atoms with Crippen LogP contribution >= 0.6 is 0 Å². The largest absolute Gasteiger partial charge is 0.382 e. The molecule has 0 saturated heterocycles. The summed E-state index contributed by atoms with van der Waals surface area (Å²) in [5, 5.41) is 2.47. The number of alkyl halides is 2. The number of hydrogen-bond acceptors (Lipinski definition) is 3. The summed E-state index contributed by atoms with van der Waals surface area (Å²) in [6.07, 6.45) is -0.882. The minimum Gasteiger partial charge on any atom is -0.382 e. The first kappa shape index (κ1) is 8.70. The molecule has 0 amide bonds. The molecule has 0 aromatic carbocycles. The van der Waals surface area contributed by atoms with Crippen molar-refractivity contribution in [3.05, 3.63) is 18.3 Å². The summed E-state index contributed by atoms with van der Waals surface area (Å²) in [6.45, 7) is -0.407. The second kappa shape index (κ2) is 3.85. The van der Waals surface area contributed by atoms with E-state index in [0.717, 1.165) is 0 Å². The van der Waals surface area contributed by atoms with Crippen molar-refractivity contribution in [2.24, 2.45) is 0 Å². The van der Waals surface area contributed by atoms with Gasteiger partial charge in [0.05, 0.1) is 12.2 Å². The number of pyridine rings is 1. The van der Waals surface area contributed by atoms with E-state index in [1.807, 2.05) is 0 Å². The van der Waals surface area contributed by atoms with Crippen molar-refractivity contribution in [1.29, 1.82) is 0 Å². The Hall–Kier alpha value is -1.39. The predicted octanol–water partition coefficient (Wildman–Crippen LogP) is 1.34. The summed E-state index contributed by atoms with van der Waals surface area (Å²) in [4.78, 5) is 3.73. The van der Waals surface area contributed by atoms with Crippen molar-refractivity contribution in [3.8, 4) is 0 Å². The molecule has 1 rings (SSSR count). The molecule has 0 spiro atoms. The number of halogens is 2. The van der Waals surface area contributed by atoms with Crippen molar-refractivity contribution >= 4 is 11.5 Å². The topological polar surface area (TPSA) is 50.9 Å². The molecule has 1 aromatic rings. The number of nitrogen functional groups attached to an aromatic ring is 1. The molecule has 0 bridgehead atoms. The average Bonchev–Trinajstić information content (AvgIpc) is 2.03. The lowest BCUT2D eigenvalue weighted by Crippen LogP contribution is -2.11. The Morgan fingerprint density at radius 1 is 1.58 bits per heavy atom. The monoisotopic (exact) mass is 173 g/mol. The second-order valence-electron chi connectivity index (χ2n) is 2.21. The molecule has 0 radical (unpaired) electrons. The normalized spacial score (nSPS) is 10.2. The lowest BCUT2D eigenvalue weighted by atomic mass is 10.4. The van der Waals surface area contributed by atoms with Gasteiger partial charge in [0.25, 0.3) is 6.43 Å². The van der Waals surface area contributed by atoms with Gasteiger partial charge in [-0.1, -0.05) is 0 Å². The van der Waals surface area contributed by atoms with Crippen LogP contribution in [0.1, 0.15) is 0 Å². The van der Waals surface area contributed by atoms with Crippen LogP contribution in [0.25, 0.3) is 0 Å². The molecule has 66 valence electrons. The van der Waals surface area contributed by atoms with E-state index in [1.165, 1.54) is 6.20 Å². The molecular formula is C7H9F2N3. The molecule has 0 unspecified atom stereocenters. The van der Waals surface area contributed by atoms with E-state index in [-0.39, 0.29) is 5.82 Å². The van der Waals surface area contributed by atoms with Crippen molar-refractivity contribution in [2.75, 3.05) is 17.6 Å².